The second-order valence-electron chi connectivity index (χ2n) is 7.85. The van der Waals surface area contributed by atoms with E-state index in [0.717, 1.165) is 18.4 Å². The van der Waals surface area contributed by atoms with Gasteiger partial charge in [-0.3, -0.25) is 14.4 Å². The summed E-state index contributed by atoms with van der Waals surface area (Å²) < 4.78 is 0. The topological polar surface area (TPSA) is 99.3 Å². The van der Waals surface area contributed by atoms with Gasteiger partial charge in [-0.2, -0.15) is 0 Å². The Morgan fingerprint density at radius 3 is 2.33 bits per heavy atom. The molecule has 4 N–H and O–H groups in total. The van der Waals surface area contributed by atoms with Crippen molar-refractivity contribution >= 4 is 34.8 Å². The minimum Gasteiger partial charge on any atom is -0.376 e. The Morgan fingerprint density at radius 1 is 1.00 bits per heavy atom. The third-order valence-electron chi connectivity index (χ3n) is 4.81. The summed E-state index contributed by atoms with van der Waals surface area (Å²) in [6.45, 7) is 5.72. The smallest absolute Gasteiger partial charge is 0.251 e. The molecule has 7 nitrogen and oxygen atoms in total. The van der Waals surface area contributed by atoms with Gasteiger partial charge >= 0.3 is 0 Å². The molecule has 2 aromatic carbocycles. The average molecular weight is 409 g/mol. The monoisotopic (exact) mass is 408 g/mol. The molecule has 0 aromatic heterocycles. The van der Waals surface area contributed by atoms with Crippen molar-refractivity contribution in [1.82, 2.24) is 5.32 Å². The zero-order valence-corrected chi connectivity index (χ0v) is 17.5. The zero-order valence-electron chi connectivity index (χ0n) is 17.5. The first kappa shape index (κ1) is 21.4. The Bertz CT molecular complexity index is 951. The van der Waals surface area contributed by atoms with E-state index in [0.29, 0.717) is 22.6 Å². The fraction of sp³-hybridized carbons (Fsp3) is 0.348. The van der Waals surface area contributed by atoms with Crippen molar-refractivity contribution in [3.8, 4) is 0 Å². The molecule has 1 aliphatic carbocycles. The molecule has 1 fully saturated rings. The van der Waals surface area contributed by atoms with E-state index in [4.69, 9.17) is 0 Å². The highest BCUT2D eigenvalue weighted by Gasteiger charge is 2.29. The molecule has 0 radical (unpaired) electrons. The van der Waals surface area contributed by atoms with Crippen molar-refractivity contribution in [2.24, 2.45) is 5.92 Å². The molecule has 1 saturated carbocycles. The molecule has 3 rings (SSSR count). The molecular formula is C23H28N4O3. The van der Waals surface area contributed by atoms with Crippen molar-refractivity contribution in [3.63, 3.8) is 0 Å². The number of hydrogen-bond donors (Lipinski definition) is 4. The molecule has 0 heterocycles. The van der Waals surface area contributed by atoms with Crippen LogP contribution in [0.5, 0.6) is 0 Å². The van der Waals surface area contributed by atoms with Gasteiger partial charge in [0.2, 0.25) is 11.8 Å². The zero-order chi connectivity index (χ0) is 21.7. The lowest BCUT2D eigenvalue weighted by molar-refractivity contribution is -0.117. The number of carbonyl (C=O) groups is 3. The number of anilines is 3. The highest BCUT2D eigenvalue weighted by molar-refractivity contribution is 5.99. The summed E-state index contributed by atoms with van der Waals surface area (Å²) in [5, 5.41) is 11.7. The standard InChI is InChI=1S/C23H28N4O3/c1-14(2)25-23(30)17-6-4-7-18(12-17)24-13-21(28)26-19-8-5-9-20(15(19)3)27-22(29)16-10-11-16/h4-9,12,14,16,24H,10-11,13H2,1-3H3,(H,25,30)(H,26,28)(H,27,29). The van der Waals surface area contributed by atoms with Crippen LogP contribution < -0.4 is 21.3 Å². The van der Waals surface area contributed by atoms with E-state index in [9.17, 15) is 14.4 Å². The third kappa shape index (κ3) is 5.83. The van der Waals surface area contributed by atoms with E-state index in [2.05, 4.69) is 21.3 Å². The maximum absolute atomic E-state index is 12.4. The van der Waals surface area contributed by atoms with Crippen molar-refractivity contribution < 1.29 is 14.4 Å². The molecule has 0 spiro atoms. The largest absolute Gasteiger partial charge is 0.376 e. The van der Waals surface area contributed by atoms with Crippen molar-refractivity contribution in [2.45, 2.75) is 39.7 Å². The lowest BCUT2D eigenvalue weighted by atomic mass is 10.1. The van der Waals surface area contributed by atoms with Crippen LogP contribution in [0.15, 0.2) is 42.5 Å². The summed E-state index contributed by atoms with van der Waals surface area (Å²) in [6, 6.07) is 12.5. The Hall–Kier alpha value is -3.35. The minimum absolute atomic E-state index is 0.0321. The molecule has 0 unspecified atom stereocenters. The van der Waals surface area contributed by atoms with Gasteiger partial charge in [-0.1, -0.05) is 12.1 Å². The van der Waals surface area contributed by atoms with Crippen molar-refractivity contribution in [1.29, 1.82) is 0 Å². The van der Waals surface area contributed by atoms with Gasteiger partial charge in [-0.05, 0) is 69.5 Å². The van der Waals surface area contributed by atoms with Crippen LogP contribution in [0.1, 0.15) is 42.6 Å². The van der Waals surface area contributed by atoms with E-state index in [1.54, 1.807) is 36.4 Å². The number of rotatable bonds is 8. The summed E-state index contributed by atoms with van der Waals surface area (Å²) in [5.41, 5.74) is 3.39. The van der Waals surface area contributed by atoms with Gasteiger partial charge in [-0.15, -0.1) is 0 Å². The molecule has 158 valence electrons. The summed E-state index contributed by atoms with van der Waals surface area (Å²) in [7, 11) is 0. The van der Waals surface area contributed by atoms with Gasteiger partial charge in [0.05, 0.1) is 6.54 Å². The first-order valence-electron chi connectivity index (χ1n) is 10.2. The van der Waals surface area contributed by atoms with E-state index in [1.165, 1.54) is 0 Å². The van der Waals surface area contributed by atoms with Gasteiger partial charge < -0.3 is 21.3 Å². The average Bonchev–Trinajstić information content (AvgIpc) is 3.54. The highest BCUT2D eigenvalue weighted by Crippen LogP contribution is 2.31. The van der Waals surface area contributed by atoms with Crippen LogP contribution in [0.4, 0.5) is 17.1 Å². The number of benzene rings is 2. The first-order chi connectivity index (χ1) is 14.3. The Kier molecular flexibility index (Phi) is 6.72. The molecular weight excluding hydrogens is 380 g/mol. The Balaban J connectivity index is 1.57. The second-order valence-corrected chi connectivity index (χ2v) is 7.85. The van der Waals surface area contributed by atoms with Crippen molar-refractivity contribution in [3.05, 3.63) is 53.6 Å². The van der Waals surface area contributed by atoms with E-state index in [1.807, 2.05) is 26.8 Å². The molecule has 0 saturated heterocycles. The van der Waals surface area contributed by atoms with Crippen LogP contribution in [0.3, 0.4) is 0 Å². The van der Waals surface area contributed by atoms with Crippen LogP contribution in [0, 0.1) is 12.8 Å². The number of nitrogens with one attached hydrogen (secondary N) is 4. The third-order valence-corrected chi connectivity index (χ3v) is 4.81. The molecule has 0 atom stereocenters. The van der Waals surface area contributed by atoms with Crippen molar-refractivity contribution in [2.75, 3.05) is 22.5 Å². The number of amides is 3. The summed E-state index contributed by atoms with van der Waals surface area (Å²) >= 11 is 0. The fourth-order valence-electron chi connectivity index (χ4n) is 2.98. The molecule has 3 amide bonds. The minimum atomic E-state index is -0.221. The van der Waals surface area contributed by atoms with E-state index < -0.39 is 0 Å². The number of hydrogen-bond acceptors (Lipinski definition) is 4. The fourth-order valence-corrected chi connectivity index (χ4v) is 2.98. The van der Waals surface area contributed by atoms with Gasteiger partial charge in [-0.25, -0.2) is 0 Å². The maximum atomic E-state index is 12.4. The number of carbonyl (C=O) groups excluding carboxylic acids is 3. The van der Waals surface area contributed by atoms with Gasteiger partial charge in [0.15, 0.2) is 0 Å². The molecule has 0 bridgehead atoms. The van der Waals surface area contributed by atoms with E-state index >= 15 is 0 Å². The Labute approximate surface area is 176 Å². The summed E-state index contributed by atoms with van der Waals surface area (Å²) in [6.07, 6.45) is 1.88. The normalized spacial score (nSPS) is 12.9. The molecule has 7 heteroatoms. The summed E-state index contributed by atoms with van der Waals surface area (Å²) in [4.78, 5) is 36.6. The maximum Gasteiger partial charge on any atom is 0.251 e. The van der Waals surface area contributed by atoms with E-state index in [-0.39, 0.29) is 36.2 Å². The van der Waals surface area contributed by atoms with Crippen LogP contribution in [0.25, 0.3) is 0 Å². The second kappa shape index (κ2) is 9.43. The first-order valence-corrected chi connectivity index (χ1v) is 10.2. The van der Waals surface area contributed by atoms with Gasteiger partial charge in [0.25, 0.3) is 5.91 Å². The molecule has 2 aromatic rings. The highest BCUT2D eigenvalue weighted by atomic mass is 16.2. The van der Waals surface area contributed by atoms with Gasteiger partial charge in [0.1, 0.15) is 0 Å². The van der Waals surface area contributed by atoms with Crippen LogP contribution in [-0.2, 0) is 9.59 Å². The summed E-state index contributed by atoms with van der Waals surface area (Å²) in [5.74, 6) is -0.227. The SMILES string of the molecule is Cc1c(NC(=O)CNc2cccc(C(=O)NC(C)C)c2)cccc1NC(=O)C1CC1. The molecule has 30 heavy (non-hydrogen) atoms. The quantitative estimate of drug-likeness (QED) is 0.537. The lowest BCUT2D eigenvalue weighted by Gasteiger charge is -2.14. The van der Waals surface area contributed by atoms with Gasteiger partial charge in [0, 0.05) is 34.6 Å². The van der Waals surface area contributed by atoms with Crippen LogP contribution in [0.2, 0.25) is 0 Å². The Morgan fingerprint density at radius 2 is 1.67 bits per heavy atom. The predicted molar refractivity (Wildman–Crippen MR) is 119 cm³/mol. The lowest BCUT2D eigenvalue weighted by Crippen LogP contribution is -2.30. The van der Waals surface area contributed by atoms with Crippen LogP contribution in [-0.4, -0.2) is 30.3 Å². The molecule has 0 aliphatic heterocycles. The molecule has 1 aliphatic rings. The van der Waals surface area contributed by atoms with Crippen LogP contribution >= 0.6 is 0 Å². The predicted octanol–water partition coefficient (Wildman–Crippen LogP) is 3.53.